The smallest absolute Gasteiger partial charge is 0.0762 e. The van der Waals surface area contributed by atoms with Gasteiger partial charge in [0.25, 0.3) is 0 Å². The van der Waals surface area contributed by atoms with Crippen molar-refractivity contribution in [2.45, 2.75) is 13.1 Å². The Morgan fingerprint density at radius 3 is 2.69 bits per heavy atom. The van der Waals surface area contributed by atoms with Gasteiger partial charge in [-0.2, -0.15) is 5.10 Å². The summed E-state index contributed by atoms with van der Waals surface area (Å²) in [4.78, 5) is 0. The van der Waals surface area contributed by atoms with Crippen LogP contribution < -0.4 is 5.32 Å². The number of hydrogen-bond acceptors (Lipinski definition) is 2. The van der Waals surface area contributed by atoms with Gasteiger partial charge in [0, 0.05) is 16.3 Å². The van der Waals surface area contributed by atoms with Crippen molar-refractivity contribution in [3.63, 3.8) is 0 Å². The summed E-state index contributed by atoms with van der Waals surface area (Å²) in [6, 6.07) is 10.6. The fourth-order valence-electron chi connectivity index (χ4n) is 1.54. The lowest BCUT2D eigenvalue weighted by Gasteiger charge is -2.02. The topological polar surface area (TPSA) is 29.9 Å². The average molecular weight is 327 g/mol. The molecule has 0 spiro atoms. The second-order valence-electron chi connectivity index (χ2n) is 3.66. The molecule has 0 radical (unpaired) electrons. The third-order valence-corrected chi connectivity index (χ3v) is 3.03. The molecule has 1 aromatic heterocycles. The number of hydrogen-bond donors (Lipinski definition) is 1. The van der Waals surface area contributed by atoms with Gasteiger partial charge in [0.15, 0.2) is 0 Å². The highest BCUT2D eigenvalue weighted by Crippen LogP contribution is 2.08. The van der Waals surface area contributed by atoms with Crippen LogP contribution in [0.25, 0.3) is 0 Å². The van der Waals surface area contributed by atoms with Crippen molar-refractivity contribution in [2.75, 3.05) is 7.05 Å². The van der Waals surface area contributed by atoms with Crippen LogP contribution in [0.3, 0.4) is 0 Å². The number of halogens is 1. The molecule has 2 aromatic rings. The molecular formula is C12H14IN3. The fraction of sp³-hybridized carbons (Fsp3) is 0.250. The number of benzene rings is 1. The molecule has 0 amide bonds. The second-order valence-corrected chi connectivity index (χ2v) is 4.91. The highest BCUT2D eigenvalue weighted by Gasteiger charge is 1.99. The van der Waals surface area contributed by atoms with Gasteiger partial charge in [0.05, 0.1) is 12.2 Å². The second kappa shape index (κ2) is 5.45. The first-order valence-corrected chi connectivity index (χ1v) is 6.27. The van der Waals surface area contributed by atoms with E-state index in [2.05, 4.69) is 57.3 Å². The first kappa shape index (κ1) is 11.6. The molecule has 0 atom stereocenters. The van der Waals surface area contributed by atoms with Gasteiger partial charge < -0.3 is 5.32 Å². The average Bonchev–Trinajstić information content (AvgIpc) is 2.70. The van der Waals surface area contributed by atoms with E-state index in [1.807, 2.05) is 24.0 Å². The molecule has 1 N–H and O–H groups in total. The van der Waals surface area contributed by atoms with Crippen LogP contribution in [0.1, 0.15) is 11.3 Å². The molecule has 2 rings (SSSR count). The van der Waals surface area contributed by atoms with E-state index in [0.29, 0.717) is 0 Å². The maximum atomic E-state index is 4.47. The Morgan fingerprint density at radius 2 is 2.00 bits per heavy atom. The summed E-state index contributed by atoms with van der Waals surface area (Å²) in [7, 11) is 1.93. The van der Waals surface area contributed by atoms with Gasteiger partial charge >= 0.3 is 0 Å². The molecule has 0 bridgehead atoms. The van der Waals surface area contributed by atoms with E-state index in [9.17, 15) is 0 Å². The maximum Gasteiger partial charge on any atom is 0.0762 e. The molecule has 0 unspecified atom stereocenters. The largest absolute Gasteiger partial charge is 0.314 e. The molecule has 4 heteroatoms. The lowest BCUT2D eigenvalue weighted by atomic mass is 10.2. The highest BCUT2D eigenvalue weighted by atomic mass is 127. The van der Waals surface area contributed by atoms with Crippen LogP contribution in [0.15, 0.2) is 36.5 Å². The van der Waals surface area contributed by atoms with Gasteiger partial charge in [-0.3, -0.25) is 4.68 Å². The highest BCUT2D eigenvalue weighted by molar-refractivity contribution is 14.1. The molecule has 84 valence electrons. The van der Waals surface area contributed by atoms with Gasteiger partial charge in [-0.15, -0.1) is 0 Å². The summed E-state index contributed by atoms with van der Waals surface area (Å²) in [5.74, 6) is 0. The molecule has 16 heavy (non-hydrogen) atoms. The van der Waals surface area contributed by atoms with Crippen LogP contribution in [-0.2, 0) is 13.1 Å². The standard InChI is InChI=1S/C12H14IN3/c1-14-8-12-6-7-16(15-12)9-10-2-4-11(13)5-3-10/h2-7,14H,8-9H2,1H3. The summed E-state index contributed by atoms with van der Waals surface area (Å²) in [6.45, 7) is 1.65. The molecule has 0 saturated carbocycles. The minimum atomic E-state index is 0.819. The van der Waals surface area contributed by atoms with E-state index >= 15 is 0 Å². The minimum Gasteiger partial charge on any atom is -0.314 e. The van der Waals surface area contributed by atoms with Crippen LogP contribution in [-0.4, -0.2) is 16.8 Å². The number of aromatic nitrogens is 2. The van der Waals surface area contributed by atoms with Gasteiger partial charge in [0.2, 0.25) is 0 Å². The van der Waals surface area contributed by atoms with E-state index < -0.39 is 0 Å². The van der Waals surface area contributed by atoms with Crippen LogP contribution >= 0.6 is 22.6 Å². The Bertz CT molecular complexity index is 448. The predicted molar refractivity (Wildman–Crippen MR) is 73.3 cm³/mol. The molecule has 0 aliphatic carbocycles. The van der Waals surface area contributed by atoms with Crippen molar-refractivity contribution in [1.29, 1.82) is 0 Å². The van der Waals surface area contributed by atoms with Gasteiger partial charge in [-0.25, -0.2) is 0 Å². The van der Waals surface area contributed by atoms with E-state index in [4.69, 9.17) is 0 Å². The van der Waals surface area contributed by atoms with Crippen LogP contribution in [0.2, 0.25) is 0 Å². The third kappa shape index (κ3) is 3.05. The van der Waals surface area contributed by atoms with Gasteiger partial charge in [0.1, 0.15) is 0 Å². The number of nitrogens with zero attached hydrogens (tertiary/aromatic N) is 2. The molecular weight excluding hydrogens is 313 g/mol. The Balaban J connectivity index is 2.05. The summed E-state index contributed by atoms with van der Waals surface area (Å²) in [5.41, 5.74) is 2.35. The molecule has 3 nitrogen and oxygen atoms in total. The zero-order valence-corrected chi connectivity index (χ0v) is 11.3. The van der Waals surface area contributed by atoms with Crippen molar-refractivity contribution in [3.05, 3.63) is 51.4 Å². The van der Waals surface area contributed by atoms with Crippen molar-refractivity contribution in [1.82, 2.24) is 15.1 Å². The van der Waals surface area contributed by atoms with Crippen LogP contribution in [0, 0.1) is 3.57 Å². The fourth-order valence-corrected chi connectivity index (χ4v) is 1.90. The van der Waals surface area contributed by atoms with Crippen molar-refractivity contribution < 1.29 is 0 Å². The molecule has 1 heterocycles. The van der Waals surface area contributed by atoms with Gasteiger partial charge in [-0.05, 0) is 53.4 Å². The Hall–Kier alpha value is -0.880. The minimum absolute atomic E-state index is 0.819. The summed E-state index contributed by atoms with van der Waals surface area (Å²) < 4.78 is 3.23. The lowest BCUT2D eigenvalue weighted by Crippen LogP contribution is -2.07. The van der Waals surface area contributed by atoms with Crippen molar-refractivity contribution in [2.24, 2.45) is 0 Å². The van der Waals surface area contributed by atoms with Crippen LogP contribution in [0.5, 0.6) is 0 Å². The summed E-state index contributed by atoms with van der Waals surface area (Å²) >= 11 is 2.31. The predicted octanol–water partition coefficient (Wildman–Crippen LogP) is 2.26. The zero-order valence-electron chi connectivity index (χ0n) is 9.15. The van der Waals surface area contributed by atoms with E-state index in [-0.39, 0.29) is 0 Å². The van der Waals surface area contributed by atoms with E-state index in [1.54, 1.807) is 0 Å². The molecule has 0 aliphatic heterocycles. The van der Waals surface area contributed by atoms with Crippen molar-refractivity contribution >= 4 is 22.6 Å². The van der Waals surface area contributed by atoms with E-state index in [1.165, 1.54) is 9.13 Å². The zero-order chi connectivity index (χ0) is 11.4. The monoisotopic (exact) mass is 327 g/mol. The number of nitrogens with one attached hydrogen (secondary N) is 1. The maximum absolute atomic E-state index is 4.47. The molecule has 0 fully saturated rings. The summed E-state index contributed by atoms with van der Waals surface area (Å²) in [5, 5.41) is 7.56. The number of rotatable bonds is 4. The quantitative estimate of drug-likeness (QED) is 0.873. The van der Waals surface area contributed by atoms with E-state index in [0.717, 1.165) is 18.8 Å². The Kier molecular flexibility index (Phi) is 3.95. The first-order chi connectivity index (χ1) is 7.78. The molecule has 0 saturated heterocycles. The van der Waals surface area contributed by atoms with Crippen molar-refractivity contribution in [3.8, 4) is 0 Å². The normalized spacial score (nSPS) is 10.6. The Labute approximate surface area is 109 Å². The SMILES string of the molecule is CNCc1ccn(Cc2ccc(I)cc2)n1. The molecule has 1 aromatic carbocycles. The van der Waals surface area contributed by atoms with Gasteiger partial charge in [-0.1, -0.05) is 12.1 Å². The Morgan fingerprint density at radius 1 is 1.25 bits per heavy atom. The van der Waals surface area contributed by atoms with Crippen LogP contribution in [0.4, 0.5) is 0 Å². The lowest BCUT2D eigenvalue weighted by molar-refractivity contribution is 0.659. The molecule has 0 aliphatic rings. The first-order valence-electron chi connectivity index (χ1n) is 5.19. The summed E-state index contributed by atoms with van der Waals surface area (Å²) in [6.07, 6.45) is 2.02. The third-order valence-electron chi connectivity index (χ3n) is 2.31.